The maximum atomic E-state index is 13.4. The fraction of sp³-hybridized carbons (Fsp3) is 0.308. The van der Waals surface area contributed by atoms with Gasteiger partial charge in [-0.3, -0.25) is 4.68 Å². The zero-order chi connectivity index (χ0) is 12.3. The van der Waals surface area contributed by atoms with Crippen molar-refractivity contribution in [3.05, 3.63) is 53.6 Å². The molecule has 1 heterocycles. The van der Waals surface area contributed by atoms with Crippen molar-refractivity contribution in [2.75, 3.05) is 0 Å². The minimum absolute atomic E-state index is 0.330. The summed E-state index contributed by atoms with van der Waals surface area (Å²) < 4.78 is 15.2. The molecule has 1 unspecified atom stereocenters. The van der Waals surface area contributed by atoms with Gasteiger partial charge in [0.05, 0.1) is 12.3 Å². The summed E-state index contributed by atoms with van der Waals surface area (Å²) in [7, 11) is 0. The van der Waals surface area contributed by atoms with Gasteiger partial charge in [0.2, 0.25) is 0 Å². The number of aliphatic hydroxyl groups excluding tert-OH is 1. The quantitative estimate of drug-likeness (QED) is 0.881. The molecular weight excluding hydrogens is 219 g/mol. The Labute approximate surface area is 99.5 Å². The number of aryl methyl sites for hydroxylation is 1. The Morgan fingerprint density at radius 1 is 1.41 bits per heavy atom. The highest BCUT2D eigenvalue weighted by atomic mass is 19.1. The normalized spacial score (nSPS) is 12.6. The molecule has 0 aliphatic rings. The summed E-state index contributed by atoms with van der Waals surface area (Å²) in [5.41, 5.74) is 1.24. The van der Waals surface area contributed by atoms with Crippen LogP contribution in [0, 0.1) is 5.82 Å². The van der Waals surface area contributed by atoms with E-state index in [9.17, 15) is 9.50 Å². The molecule has 1 atom stereocenters. The molecule has 0 aliphatic heterocycles. The molecule has 0 saturated heterocycles. The van der Waals surface area contributed by atoms with E-state index in [4.69, 9.17) is 0 Å². The van der Waals surface area contributed by atoms with E-state index in [1.54, 1.807) is 29.1 Å². The monoisotopic (exact) mass is 234 g/mol. The predicted molar refractivity (Wildman–Crippen MR) is 63.0 cm³/mol. The van der Waals surface area contributed by atoms with Crippen LogP contribution < -0.4 is 0 Å². The number of hydrogen-bond acceptors (Lipinski definition) is 2. The molecule has 0 radical (unpaired) electrons. The van der Waals surface area contributed by atoms with E-state index in [0.717, 1.165) is 12.1 Å². The number of hydrogen-bond donors (Lipinski definition) is 1. The van der Waals surface area contributed by atoms with Crippen LogP contribution in [0.3, 0.4) is 0 Å². The van der Waals surface area contributed by atoms with Gasteiger partial charge >= 0.3 is 0 Å². The third-order valence-electron chi connectivity index (χ3n) is 2.70. The van der Waals surface area contributed by atoms with E-state index >= 15 is 0 Å². The Hall–Kier alpha value is -1.68. The van der Waals surface area contributed by atoms with Crippen molar-refractivity contribution < 1.29 is 9.50 Å². The van der Waals surface area contributed by atoms with E-state index < -0.39 is 6.10 Å². The summed E-state index contributed by atoms with van der Waals surface area (Å²) in [4.78, 5) is 0. The molecule has 90 valence electrons. The second-order valence-corrected chi connectivity index (χ2v) is 3.95. The molecular formula is C13H15FN2O. The van der Waals surface area contributed by atoms with Crippen molar-refractivity contribution in [1.82, 2.24) is 9.78 Å². The van der Waals surface area contributed by atoms with Crippen LogP contribution in [0.4, 0.5) is 4.39 Å². The average Bonchev–Trinajstić information content (AvgIpc) is 2.77. The highest BCUT2D eigenvalue weighted by molar-refractivity contribution is 5.21. The summed E-state index contributed by atoms with van der Waals surface area (Å²) in [6.45, 7) is 2.78. The van der Waals surface area contributed by atoms with E-state index in [0.29, 0.717) is 12.0 Å². The van der Waals surface area contributed by atoms with Crippen LogP contribution in [0.2, 0.25) is 0 Å². The van der Waals surface area contributed by atoms with Crippen molar-refractivity contribution in [3.63, 3.8) is 0 Å². The van der Waals surface area contributed by atoms with E-state index in [1.165, 1.54) is 6.07 Å². The first-order chi connectivity index (χ1) is 8.20. The zero-order valence-electron chi connectivity index (χ0n) is 9.68. The lowest BCUT2D eigenvalue weighted by molar-refractivity contribution is 0.173. The molecule has 0 fully saturated rings. The molecule has 2 rings (SSSR count). The Morgan fingerprint density at radius 3 is 2.82 bits per heavy atom. The average molecular weight is 234 g/mol. The van der Waals surface area contributed by atoms with Gasteiger partial charge in [-0.25, -0.2) is 4.39 Å². The zero-order valence-corrected chi connectivity index (χ0v) is 9.68. The Bertz CT molecular complexity index is 496. The number of rotatable bonds is 4. The second kappa shape index (κ2) is 5.10. The van der Waals surface area contributed by atoms with Crippen molar-refractivity contribution in [2.24, 2.45) is 0 Å². The lowest BCUT2D eigenvalue weighted by atomic mass is 10.0. The van der Waals surface area contributed by atoms with Crippen LogP contribution in [0.25, 0.3) is 0 Å². The smallest absolute Gasteiger partial charge is 0.129 e. The Morgan fingerprint density at radius 2 is 2.18 bits per heavy atom. The van der Waals surface area contributed by atoms with Crippen LogP contribution in [0.5, 0.6) is 0 Å². The van der Waals surface area contributed by atoms with Gasteiger partial charge in [0.1, 0.15) is 5.82 Å². The van der Waals surface area contributed by atoms with Gasteiger partial charge in [-0.15, -0.1) is 0 Å². The number of halogens is 1. The Kier molecular flexibility index (Phi) is 3.54. The summed E-state index contributed by atoms with van der Waals surface area (Å²) in [6, 6.07) is 6.29. The lowest BCUT2D eigenvalue weighted by Gasteiger charge is -2.10. The SMILES string of the molecule is CCn1cc(CC(O)c2ccccc2F)cn1. The van der Waals surface area contributed by atoms with Crippen LogP contribution in [0.1, 0.15) is 24.2 Å². The van der Waals surface area contributed by atoms with Crippen LogP contribution in [-0.4, -0.2) is 14.9 Å². The molecule has 4 heteroatoms. The van der Waals surface area contributed by atoms with Crippen molar-refractivity contribution in [1.29, 1.82) is 0 Å². The summed E-state index contributed by atoms with van der Waals surface area (Å²) in [5, 5.41) is 14.1. The third-order valence-corrected chi connectivity index (χ3v) is 2.70. The lowest BCUT2D eigenvalue weighted by Crippen LogP contribution is -2.03. The highest BCUT2D eigenvalue weighted by Gasteiger charge is 2.13. The number of benzene rings is 1. The second-order valence-electron chi connectivity index (χ2n) is 3.95. The molecule has 0 aliphatic carbocycles. The van der Waals surface area contributed by atoms with E-state index in [1.807, 2.05) is 13.1 Å². The standard InChI is InChI=1S/C13H15FN2O/c1-2-16-9-10(8-15-16)7-13(17)11-5-3-4-6-12(11)14/h3-6,8-9,13,17H,2,7H2,1H3. The Balaban J connectivity index is 2.11. The van der Waals surface area contributed by atoms with Gasteiger partial charge in [0.25, 0.3) is 0 Å². The first-order valence-electron chi connectivity index (χ1n) is 5.64. The molecule has 2 aromatic rings. The van der Waals surface area contributed by atoms with Gasteiger partial charge in [-0.2, -0.15) is 5.10 Å². The maximum Gasteiger partial charge on any atom is 0.129 e. The molecule has 1 aromatic heterocycles. The van der Waals surface area contributed by atoms with Crippen LogP contribution in [-0.2, 0) is 13.0 Å². The van der Waals surface area contributed by atoms with Gasteiger partial charge in [0, 0.05) is 24.7 Å². The molecule has 0 bridgehead atoms. The maximum absolute atomic E-state index is 13.4. The van der Waals surface area contributed by atoms with E-state index in [2.05, 4.69) is 5.10 Å². The fourth-order valence-electron chi connectivity index (χ4n) is 1.76. The molecule has 17 heavy (non-hydrogen) atoms. The van der Waals surface area contributed by atoms with Gasteiger partial charge < -0.3 is 5.11 Å². The van der Waals surface area contributed by atoms with Crippen LogP contribution in [0.15, 0.2) is 36.7 Å². The highest BCUT2D eigenvalue weighted by Crippen LogP contribution is 2.20. The largest absolute Gasteiger partial charge is 0.388 e. The third kappa shape index (κ3) is 2.71. The van der Waals surface area contributed by atoms with Crippen LogP contribution >= 0.6 is 0 Å². The van der Waals surface area contributed by atoms with Gasteiger partial charge in [-0.05, 0) is 18.6 Å². The number of nitrogens with zero attached hydrogens (tertiary/aromatic N) is 2. The summed E-state index contributed by atoms with van der Waals surface area (Å²) in [5.74, 6) is -0.372. The van der Waals surface area contributed by atoms with Crippen molar-refractivity contribution in [2.45, 2.75) is 26.0 Å². The molecule has 1 N–H and O–H groups in total. The van der Waals surface area contributed by atoms with Crippen molar-refractivity contribution >= 4 is 0 Å². The number of aromatic nitrogens is 2. The summed E-state index contributed by atoms with van der Waals surface area (Å²) >= 11 is 0. The predicted octanol–water partition coefficient (Wildman–Crippen LogP) is 2.32. The molecule has 0 amide bonds. The topological polar surface area (TPSA) is 38.0 Å². The fourth-order valence-corrected chi connectivity index (χ4v) is 1.76. The summed E-state index contributed by atoms with van der Waals surface area (Å²) in [6.07, 6.45) is 3.11. The minimum atomic E-state index is -0.828. The first kappa shape index (κ1) is 11.8. The number of aliphatic hydroxyl groups is 1. The molecule has 1 aromatic carbocycles. The molecule has 0 spiro atoms. The molecule has 3 nitrogen and oxygen atoms in total. The van der Waals surface area contributed by atoms with Gasteiger partial charge in [0.15, 0.2) is 0 Å². The van der Waals surface area contributed by atoms with Gasteiger partial charge in [-0.1, -0.05) is 18.2 Å². The minimum Gasteiger partial charge on any atom is -0.388 e. The van der Waals surface area contributed by atoms with Crippen molar-refractivity contribution in [3.8, 4) is 0 Å². The first-order valence-corrected chi connectivity index (χ1v) is 5.64. The van der Waals surface area contributed by atoms with E-state index in [-0.39, 0.29) is 5.82 Å². The molecule has 0 saturated carbocycles.